The zero-order chi connectivity index (χ0) is 27.0. The molecule has 0 aliphatic heterocycles. The summed E-state index contributed by atoms with van der Waals surface area (Å²) in [6.45, 7) is 4.31. The smallest absolute Gasteiger partial charge is 0.377 e. The number of nitrogens with zero attached hydrogens (tertiary/aromatic N) is 1. The molecule has 0 spiro atoms. The zero-order valence-electron chi connectivity index (χ0n) is 23.0. The Kier molecular flexibility index (Phi) is 9.32. The molecule has 0 aliphatic carbocycles. The average Bonchev–Trinajstić information content (AvgIpc) is 2.97. The van der Waals surface area contributed by atoms with Crippen LogP contribution in [0.2, 0.25) is 6.04 Å². The van der Waals surface area contributed by atoms with Crippen LogP contribution in [-0.2, 0) is 13.3 Å². The van der Waals surface area contributed by atoms with Gasteiger partial charge in [-0.2, -0.15) is 0 Å². The summed E-state index contributed by atoms with van der Waals surface area (Å²) in [5.41, 5.74) is 9.51. The molecule has 0 radical (unpaired) electrons. The number of aryl methyl sites for hydroxylation is 2. The zero-order valence-corrected chi connectivity index (χ0v) is 24.0. The molecule has 196 valence electrons. The Bertz CT molecular complexity index is 1320. The van der Waals surface area contributed by atoms with Crippen LogP contribution in [0.3, 0.4) is 0 Å². The van der Waals surface area contributed by atoms with E-state index in [0.29, 0.717) is 0 Å². The van der Waals surface area contributed by atoms with Crippen molar-refractivity contribution in [2.75, 3.05) is 26.2 Å². The lowest BCUT2D eigenvalue weighted by molar-refractivity contribution is 0.124. The number of allylic oxidation sites excluding steroid dienone is 1. The first-order valence-corrected chi connectivity index (χ1v) is 14.9. The number of hydrogen-bond acceptors (Lipinski definition) is 4. The van der Waals surface area contributed by atoms with E-state index in [1.807, 2.05) is 6.07 Å². The molecule has 0 saturated carbocycles. The van der Waals surface area contributed by atoms with Gasteiger partial charge in [0.2, 0.25) is 0 Å². The maximum absolute atomic E-state index is 5.52. The van der Waals surface area contributed by atoms with E-state index < -0.39 is 8.80 Å². The SMILES string of the molecule is CO[Si](CCC=Cc1ccc(N(c2ccc(-c3ccccc3)cc2)c2ccc(C)c(C)c2)cc1)(OC)OC. The Morgan fingerprint density at radius 1 is 0.632 bits per heavy atom. The highest BCUT2D eigenvalue weighted by Gasteiger charge is 2.36. The van der Waals surface area contributed by atoms with E-state index in [-0.39, 0.29) is 0 Å². The van der Waals surface area contributed by atoms with Gasteiger partial charge in [-0.25, -0.2) is 0 Å². The van der Waals surface area contributed by atoms with Crippen LogP contribution in [0.25, 0.3) is 17.2 Å². The maximum atomic E-state index is 5.52. The van der Waals surface area contributed by atoms with Crippen molar-refractivity contribution in [3.8, 4) is 11.1 Å². The molecule has 0 atom stereocenters. The summed E-state index contributed by atoms with van der Waals surface area (Å²) in [4.78, 5) is 2.31. The van der Waals surface area contributed by atoms with Crippen molar-refractivity contribution in [1.29, 1.82) is 0 Å². The van der Waals surface area contributed by atoms with Crippen molar-refractivity contribution in [1.82, 2.24) is 0 Å². The molecule has 38 heavy (non-hydrogen) atoms. The van der Waals surface area contributed by atoms with Crippen LogP contribution in [0.15, 0.2) is 103 Å². The van der Waals surface area contributed by atoms with E-state index in [4.69, 9.17) is 13.3 Å². The van der Waals surface area contributed by atoms with Crippen molar-refractivity contribution < 1.29 is 13.3 Å². The predicted octanol–water partition coefficient (Wildman–Crippen LogP) is 8.72. The summed E-state index contributed by atoms with van der Waals surface area (Å²) in [7, 11) is 2.41. The number of benzene rings is 4. The first-order valence-electron chi connectivity index (χ1n) is 12.9. The molecule has 0 saturated heterocycles. The maximum Gasteiger partial charge on any atom is 0.500 e. The summed E-state index contributed by atoms with van der Waals surface area (Å²) in [6, 6.07) is 35.3. The fraction of sp³-hybridized carbons (Fsp3) is 0.212. The summed E-state index contributed by atoms with van der Waals surface area (Å²) >= 11 is 0. The second-order valence-electron chi connectivity index (χ2n) is 9.34. The van der Waals surface area contributed by atoms with Crippen LogP contribution < -0.4 is 4.90 Å². The van der Waals surface area contributed by atoms with E-state index in [1.165, 1.54) is 22.3 Å². The Morgan fingerprint density at radius 2 is 1.18 bits per heavy atom. The van der Waals surface area contributed by atoms with E-state index in [9.17, 15) is 0 Å². The lowest BCUT2D eigenvalue weighted by atomic mass is 10.0. The molecule has 0 aromatic heterocycles. The summed E-state index contributed by atoms with van der Waals surface area (Å²) in [5.74, 6) is 0. The normalized spacial score (nSPS) is 11.7. The standard InChI is InChI=1S/C33H37NO3Si/c1-26-14-19-33(25-27(26)2)34(32-22-17-30(18-23-32)29-12-7-6-8-13-29)31-20-15-28(16-21-31)11-9-10-24-38(35-3,36-4)37-5/h6-9,11-23,25H,10,24H2,1-5H3. The number of hydrogen-bond donors (Lipinski definition) is 0. The van der Waals surface area contributed by atoms with Gasteiger partial charge in [0.05, 0.1) is 0 Å². The Labute approximate surface area is 228 Å². The number of rotatable bonds is 11. The molecule has 0 N–H and O–H groups in total. The molecule has 5 heteroatoms. The largest absolute Gasteiger partial charge is 0.500 e. The summed E-state index contributed by atoms with van der Waals surface area (Å²) < 4.78 is 16.6. The minimum Gasteiger partial charge on any atom is -0.377 e. The molecule has 0 fully saturated rings. The van der Waals surface area contributed by atoms with Gasteiger partial charge in [0.25, 0.3) is 0 Å². The second kappa shape index (κ2) is 12.8. The van der Waals surface area contributed by atoms with Crippen LogP contribution in [-0.4, -0.2) is 30.1 Å². The van der Waals surface area contributed by atoms with Crippen molar-refractivity contribution in [3.05, 3.63) is 120 Å². The number of anilines is 3. The van der Waals surface area contributed by atoms with Crippen molar-refractivity contribution in [2.24, 2.45) is 0 Å². The molecule has 0 amide bonds. The summed E-state index contributed by atoms with van der Waals surface area (Å²) in [6.07, 6.45) is 5.11. The lowest BCUT2D eigenvalue weighted by Gasteiger charge is -2.26. The highest BCUT2D eigenvalue weighted by atomic mass is 28.4. The average molecular weight is 524 g/mol. The predicted molar refractivity (Wildman–Crippen MR) is 161 cm³/mol. The highest BCUT2D eigenvalue weighted by molar-refractivity contribution is 6.60. The molecule has 0 heterocycles. The van der Waals surface area contributed by atoms with Gasteiger partial charge in [-0.1, -0.05) is 72.8 Å². The third-order valence-corrected chi connectivity index (χ3v) is 9.76. The Hall–Kier alpha value is -3.48. The van der Waals surface area contributed by atoms with E-state index in [1.54, 1.807) is 21.3 Å². The van der Waals surface area contributed by atoms with Gasteiger partial charge in [0, 0.05) is 44.4 Å². The Morgan fingerprint density at radius 3 is 1.76 bits per heavy atom. The molecule has 0 aliphatic rings. The fourth-order valence-electron chi connectivity index (χ4n) is 4.52. The van der Waals surface area contributed by atoms with E-state index >= 15 is 0 Å². The van der Waals surface area contributed by atoms with Crippen molar-refractivity contribution in [2.45, 2.75) is 26.3 Å². The summed E-state index contributed by atoms with van der Waals surface area (Å²) in [5, 5.41) is 0. The van der Waals surface area contributed by atoms with Crippen LogP contribution in [0.1, 0.15) is 23.1 Å². The van der Waals surface area contributed by atoms with Crippen LogP contribution in [0.5, 0.6) is 0 Å². The molecule has 4 aromatic carbocycles. The first-order chi connectivity index (χ1) is 18.5. The highest BCUT2D eigenvalue weighted by Crippen LogP contribution is 2.36. The van der Waals surface area contributed by atoms with Gasteiger partial charge >= 0.3 is 8.80 Å². The lowest BCUT2D eigenvalue weighted by Crippen LogP contribution is -2.42. The quantitative estimate of drug-likeness (QED) is 0.184. The second-order valence-corrected chi connectivity index (χ2v) is 12.4. The molecule has 0 unspecified atom stereocenters. The van der Waals surface area contributed by atoms with E-state index in [0.717, 1.165) is 35.1 Å². The third kappa shape index (κ3) is 6.50. The molecule has 4 aromatic rings. The van der Waals surface area contributed by atoms with Gasteiger partial charge in [-0.05, 0) is 84.5 Å². The van der Waals surface area contributed by atoms with Crippen LogP contribution >= 0.6 is 0 Å². The monoisotopic (exact) mass is 523 g/mol. The van der Waals surface area contributed by atoms with Gasteiger partial charge in [0.15, 0.2) is 0 Å². The third-order valence-electron chi connectivity index (χ3n) is 6.99. The molecular formula is C33H37NO3Si. The minimum atomic E-state index is -2.55. The minimum absolute atomic E-state index is 0.741. The fourth-order valence-corrected chi connectivity index (χ4v) is 6.15. The topological polar surface area (TPSA) is 30.9 Å². The van der Waals surface area contributed by atoms with Crippen LogP contribution in [0, 0.1) is 13.8 Å². The molecule has 0 bridgehead atoms. The Balaban J connectivity index is 1.59. The van der Waals surface area contributed by atoms with Gasteiger partial charge in [0.1, 0.15) is 0 Å². The van der Waals surface area contributed by atoms with Crippen LogP contribution in [0.4, 0.5) is 17.1 Å². The van der Waals surface area contributed by atoms with Crippen molar-refractivity contribution in [3.63, 3.8) is 0 Å². The molecule has 4 nitrogen and oxygen atoms in total. The molecular weight excluding hydrogens is 486 g/mol. The van der Waals surface area contributed by atoms with Gasteiger partial charge in [-0.3, -0.25) is 0 Å². The van der Waals surface area contributed by atoms with Gasteiger partial charge < -0.3 is 18.2 Å². The molecule has 4 rings (SSSR count). The van der Waals surface area contributed by atoms with Crippen molar-refractivity contribution >= 4 is 31.9 Å². The van der Waals surface area contributed by atoms with Gasteiger partial charge in [-0.15, -0.1) is 0 Å². The van der Waals surface area contributed by atoms with E-state index in [2.05, 4.69) is 122 Å². The first kappa shape index (κ1) is 27.5.